The minimum absolute atomic E-state index is 7.87. The second-order valence-corrected chi connectivity index (χ2v) is 4.03. The monoisotopic (exact) mass is 178 g/mol. The third-order valence-corrected chi connectivity index (χ3v) is 0. The second-order valence-electron chi connectivity index (χ2n) is 0.680. The van der Waals surface area contributed by atoms with Crippen molar-refractivity contribution in [2.24, 2.45) is 0 Å². The zero-order valence-corrected chi connectivity index (χ0v) is 4.46. The van der Waals surface area contributed by atoms with Crippen molar-refractivity contribution >= 4 is 0 Å². The van der Waals surface area contributed by atoms with Gasteiger partial charge in [0.15, 0.2) is 0 Å². The van der Waals surface area contributed by atoms with E-state index < -0.39 is 14.6 Å². The molecule has 5 nitrogen and oxygen atoms in total. The van der Waals surface area contributed by atoms with Crippen LogP contribution in [0.5, 0.6) is 0 Å². The molecule has 0 saturated heterocycles. The summed E-state index contributed by atoms with van der Waals surface area (Å²) >= 11 is -7.87. The molecule has 6 heavy (non-hydrogen) atoms. The molecule has 0 aromatic carbocycles. The molecule has 36 valence electrons. The van der Waals surface area contributed by atoms with Crippen molar-refractivity contribution in [2.45, 2.75) is 0 Å². The van der Waals surface area contributed by atoms with Gasteiger partial charge in [-0.25, -0.2) is 0 Å². The molecule has 0 aromatic heterocycles. The number of hydrogen-bond donors (Lipinski definition) is 0. The van der Waals surface area contributed by atoms with Crippen molar-refractivity contribution in [3.63, 3.8) is 0 Å². The van der Waals surface area contributed by atoms with Gasteiger partial charge in [0, 0.05) is 0 Å². The topological polar surface area (TPSA) is 85.3 Å². The van der Waals surface area contributed by atoms with Crippen LogP contribution in [0, 0.1) is 0 Å². The molecule has 0 fully saturated rings. The SMILES string of the molecule is [O]=[Mo](=[O])(=[O])(=[O])=[O]. The molecule has 0 atom stereocenters. The maximum absolute atomic E-state index is 8.65. The van der Waals surface area contributed by atoms with E-state index in [4.69, 9.17) is 17.0 Å². The number of rotatable bonds is 0. The van der Waals surface area contributed by atoms with E-state index in [2.05, 4.69) is 0 Å². The summed E-state index contributed by atoms with van der Waals surface area (Å²) in [6.07, 6.45) is 0. The third kappa shape index (κ3) is 274. The fourth-order valence-corrected chi connectivity index (χ4v) is 0. The van der Waals surface area contributed by atoms with Crippen LogP contribution in [0.2, 0.25) is 0 Å². The Kier molecular flexibility index (Phi) is 0.644. The van der Waals surface area contributed by atoms with Crippen molar-refractivity contribution in [3.8, 4) is 0 Å². The molecule has 0 aliphatic rings. The Hall–Kier alpha value is -0.312. The molecule has 0 saturated carbocycles. The molecule has 0 rings (SSSR count). The average Bonchev–Trinajstić information content (AvgIpc) is 0.650. The summed E-state index contributed by atoms with van der Waals surface area (Å²) in [5.74, 6) is 0. The Morgan fingerprint density at radius 1 is 0.667 bits per heavy atom. The minimum atomic E-state index is -7.87. The van der Waals surface area contributed by atoms with E-state index in [-0.39, 0.29) is 0 Å². The maximum atomic E-state index is 8.65. The first kappa shape index (κ1) is 5.69. The van der Waals surface area contributed by atoms with Gasteiger partial charge in [0.2, 0.25) is 0 Å². The molecule has 0 heterocycles. The van der Waals surface area contributed by atoms with Crippen molar-refractivity contribution in [1.82, 2.24) is 0 Å². The van der Waals surface area contributed by atoms with E-state index in [1.807, 2.05) is 0 Å². The van der Waals surface area contributed by atoms with Crippen LogP contribution >= 0.6 is 0 Å². The Labute approximate surface area is 32.3 Å². The molecule has 0 spiro atoms. The normalized spacial score (nSPS) is 10.0. The van der Waals surface area contributed by atoms with E-state index in [0.29, 0.717) is 0 Å². The van der Waals surface area contributed by atoms with Crippen molar-refractivity contribution in [2.75, 3.05) is 0 Å². The molecule has 0 unspecified atom stereocenters. The van der Waals surface area contributed by atoms with Crippen molar-refractivity contribution in [3.05, 3.63) is 0 Å². The number of hydrogen-bond acceptors (Lipinski definition) is 5. The van der Waals surface area contributed by atoms with E-state index in [1.54, 1.807) is 0 Å². The van der Waals surface area contributed by atoms with E-state index in [9.17, 15) is 0 Å². The average molecular weight is 176 g/mol. The van der Waals surface area contributed by atoms with E-state index in [0.717, 1.165) is 0 Å². The van der Waals surface area contributed by atoms with Crippen LogP contribution in [-0.2, 0) is 31.6 Å². The van der Waals surface area contributed by atoms with Crippen LogP contribution in [0.25, 0.3) is 0 Å². The van der Waals surface area contributed by atoms with Gasteiger partial charge in [-0.1, -0.05) is 0 Å². The first-order valence-corrected chi connectivity index (χ1v) is 4.93. The summed E-state index contributed by atoms with van der Waals surface area (Å²) in [6, 6.07) is 0. The van der Waals surface area contributed by atoms with Gasteiger partial charge >= 0.3 is 31.6 Å². The fourth-order valence-electron chi connectivity index (χ4n) is 0. The molecule has 6 heteroatoms. The van der Waals surface area contributed by atoms with Crippen molar-refractivity contribution in [1.29, 1.82) is 0 Å². The fraction of sp³-hybridized carbons (Fsp3) is 0. The summed E-state index contributed by atoms with van der Waals surface area (Å²) < 4.78 is 43.3. The predicted molar refractivity (Wildman–Crippen MR) is 3.43 cm³/mol. The quantitative estimate of drug-likeness (QED) is 0.460. The van der Waals surface area contributed by atoms with Crippen molar-refractivity contribution < 1.29 is 31.6 Å². The summed E-state index contributed by atoms with van der Waals surface area (Å²) in [5, 5.41) is 0. The molecular formula is MoO5. The third-order valence-electron chi connectivity index (χ3n) is 0. The molecule has 0 amide bonds. The predicted octanol–water partition coefficient (Wildman–Crippen LogP) is -0.597. The van der Waals surface area contributed by atoms with Gasteiger partial charge in [0.05, 0.1) is 0 Å². The Balaban J connectivity index is 7.45. The molecule has 0 N–H and O–H groups in total. The standard InChI is InChI=1S/Mo.5O. The summed E-state index contributed by atoms with van der Waals surface area (Å²) in [4.78, 5) is 0. The van der Waals surface area contributed by atoms with Gasteiger partial charge in [-0.05, 0) is 0 Å². The van der Waals surface area contributed by atoms with Gasteiger partial charge in [0.25, 0.3) is 0 Å². The Morgan fingerprint density at radius 2 is 0.667 bits per heavy atom. The molecule has 0 aromatic rings. The summed E-state index contributed by atoms with van der Waals surface area (Å²) in [5.41, 5.74) is 0. The van der Waals surface area contributed by atoms with Crippen LogP contribution in [0.15, 0.2) is 0 Å². The first-order chi connectivity index (χ1) is 2.24. The molecule has 0 aliphatic carbocycles. The van der Waals surface area contributed by atoms with Gasteiger partial charge < -0.3 is 0 Å². The molecule has 0 radical (unpaired) electrons. The summed E-state index contributed by atoms with van der Waals surface area (Å²) in [6.45, 7) is 0. The molecular weight excluding hydrogens is 176 g/mol. The Bertz CT molecular complexity index is 274. The zero-order valence-electron chi connectivity index (χ0n) is 2.45. The zero-order chi connectivity index (χ0) is 5.45. The van der Waals surface area contributed by atoms with Gasteiger partial charge in [-0.15, -0.1) is 0 Å². The van der Waals surface area contributed by atoms with Crippen LogP contribution in [-0.4, -0.2) is 0 Å². The van der Waals surface area contributed by atoms with Crippen LogP contribution < -0.4 is 0 Å². The second kappa shape index (κ2) is 0.679. The van der Waals surface area contributed by atoms with Crippen LogP contribution in [0.1, 0.15) is 0 Å². The first-order valence-electron chi connectivity index (χ1n) is 0.833. The molecule has 0 aliphatic heterocycles. The van der Waals surface area contributed by atoms with Gasteiger partial charge in [-0.2, -0.15) is 0 Å². The summed E-state index contributed by atoms with van der Waals surface area (Å²) in [7, 11) is 0. The molecule has 0 bridgehead atoms. The van der Waals surface area contributed by atoms with Crippen LogP contribution in [0.4, 0.5) is 0 Å². The van der Waals surface area contributed by atoms with E-state index >= 15 is 0 Å². The Morgan fingerprint density at radius 3 is 0.667 bits per heavy atom. The van der Waals surface area contributed by atoms with E-state index in [1.165, 1.54) is 0 Å². The van der Waals surface area contributed by atoms with Gasteiger partial charge in [0.1, 0.15) is 0 Å². The van der Waals surface area contributed by atoms with Gasteiger partial charge in [-0.3, -0.25) is 0 Å². The van der Waals surface area contributed by atoms with Crippen LogP contribution in [0.3, 0.4) is 0 Å².